The molecule has 0 aliphatic carbocycles. The summed E-state index contributed by atoms with van der Waals surface area (Å²) in [5, 5.41) is 0. The second-order valence-corrected chi connectivity index (χ2v) is 6.96. The molecule has 6 nitrogen and oxygen atoms in total. The van der Waals surface area contributed by atoms with Crippen LogP contribution in [0, 0.1) is 0 Å². The van der Waals surface area contributed by atoms with Gasteiger partial charge in [0.2, 0.25) is 0 Å². The van der Waals surface area contributed by atoms with Crippen LogP contribution >= 0.6 is 15.9 Å². The van der Waals surface area contributed by atoms with Gasteiger partial charge in [-0.25, -0.2) is 0 Å². The summed E-state index contributed by atoms with van der Waals surface area (Å²) >= 11 is 3.42. The van der Waals surface area contributed by atoms with Crippen molar-refractivity contribution in [3.63, 3.8) is 0 Å². The lowest BCUT2D eigenvalue weighted by Gasteiger charge is -2.13. The normalized spacial score (nSPS) is 10.2. The molecule has 2 N–H and O–H groups in total. The average molecular weight is 449 g/mol. The van der Waals surface area contributed by atoms with E-state index in [1.807, 2.05) is 12.1 Å². The molecule has 2 rings (SSSR count). The predicted octanol–water partition coefficient (Wildman–Crippen LogP) is 4.03. The molecule has 0 saturated heterocycles. The van der Waals surface area contributed by atoms with Crippen molar-refractivity contribution in [2.45, 2.75) is 33.1 Å². The van der Waals surface area contributed by atoms with E-state index < -0.39 is 11.8 Å². The summed E-state index contributed by atoms with van der Waals surface area (Å²) in [5.74, 6) is 0.130. The summed E-state index contributed by atoms with van der Waals surface area (Å²) in [6.45, 7) is 4.44. The van der Waals surface area contributed by atoms with Crippen molar-refractivity contribution < 1.29 is 19.1 Å². The Morgan fingerprint density at radius 2 is 1.79 bits per heavy atom. The first-order valence-electron chi connectivity index (χ1n) is 9.27. The molecule has 0 bridgehead atoms. The number of para-hydroxylation sites is 1. The first-order valence-corrected chi connectivity index (χ1v) is 10.1. The van der Waals surface area contributed by atoms with Crippen molar-refractivity contribution in [1.29, 1.82) is 0 Å². The number of carbonyl (C=O) groups excluding carboxylic acids is 2. The number of amides is 2. The van der Waals surface area contributed by atoms with Gasteiger partial charge in [0.05, 0.1) is 16.6 Å². The molecule has 0 radical (unpaired) electrons. The van der Waals surface area contributed by atoms with Crippen LogP contribution in [0.2, 0.25) is 0 Å². The Bertz CT molecular complexity index is 811. The fraction of sp³-hybridized carbons (Fsp3) is 0.333. The third-order valence-electron chi connectivity index (χ3n) is 3.97. The Morgan fingerprint density at radius 3 is 2.50 bits per heavy atom. The largest absolute Gasteiger partial charge is 0.493 e. The fourth-order valence-corrected chi connectivity index (χ4v) is 2.90. The van der Waals surface area contributed by atoms with E-state index in [1.165, 1.54) is 0 Å². The van der Waals surface area contributed by atoms with Crippen LogP contribution in [-0.4, -0.2) is 25.0 Å². The lowest BCUT2D eigenvalue weighted by atomic mass is 10.2. The monoisotopic (exact) mass is 448 g/mol. The van der Waals surface area contributed by atoms with Gasteiger partial charge in [0, 0.05) is 0 Å². The van der Waals surface area contributed by atoms with E-state index in [-0.39, 0.29) is 6.61 Å². The molecule has 2 aromatic rings. The van der Waals surface area contributed by atoms with Crippen molar-refractivity contribution in [2.75, 3.05) is 13.2 Å². The minimum Gasteiger partial charge on any atom is -0.493 e. The number of nitrogens with one attached hydrogen (secondary N) is 2. The number of hydrogen-bond donors (Lipinski definition) is 2. The zero-order chi connectivity index (χ0) is 20.4. The van der Waals surface area contributed by atoms with Gasteiger partial charge in [-0.2, -0.15) is 0 Å². The standard InChI is InChI=1S/C21H25BrN2O4/c1-3-5-12-27-18-9-7-6-8-16(18)21(26)24-23-20(25)14-28-19-11-10-15(4-2)13-17(19)22/h6-11,13H,3-5,12,14H2,1-2H3,(H,23,25)(H,24,26). The summed E-state index contributed by atoms with van der Waals surface area (Å²) < 4.78 is 11.9. The molecule has 0 saturated carbocycles. The molecular formula is C21H25BrN2O4. The van der Waals surface area contributed by atoms with Gasteiger partial charge in [0.15, 0.2) is 6.61 Å². The number of hydrogen-bond acceptors (Lipinski definition) is 4. The SMILES string of the molecule is CCCCOc1ccccc1C(=O)NNC(=O)COc1ccc(CC)cc1Br. The highest BCUT2D eigenvalue weighted by Crippen LogP contribution is 2.26. The van der Waals surface area contributed by atoms with Gasteiger partial charge < -0.3 is 9.47 Å². The van der Waals surface area contributed by atoms with Crippen molar-refractivity contribution in [1.82, 2.24) is 10.9 Å². The zero-order valence-electron chi connectivity index (χ0n) is 16.1. The van der Waals surface area contributed by atoms with Gasteiger partial charge in [-0.05, 0) is 58.6 Å². The molecule has 0 fully saturated rings. The van der Waals surface area contributed by atoms with Crippen LogP contribution in [0.5, 0.6) is 11.5 Å². The molecular weight excluding hydrogens is 424 g/mol. The number of unbranched alkanes of at least 4 members (excludes halogenated alkanes) is 1. The number of rotatable bonds is 9. The number of carbonyl (C=O) groups is 2. The van der Waals surface area contributed by atoms with Gasteiger partial charge in [-0.15, -0.1) is 0 Å². The summed E-state index contributed by atoms with van der Waals surface area (Å²) in [4.78, 5) is 24.3. The number of aryl methyl sites for hydroxylation is 1. The Balaban J connectivity index is 1.85. The summed E-state index contributed by atoms with van der Waals surface area (Å²) in [6, 6.07) is 12.6. The Morgan fingerprint density at radius 1 is 1.00 bits per heavy atom. The molecule has 0 spiro atoms. The molecule has 2 aromatic carbocycles. The van der Waals surface area contributed by atoms with Gasteiger partial charge in [0.1, 0.15) is 11.5 Å². The van der Waals surface area contributed by atoms with E-state index in [2.05, 4.69) is 40.6 Å². The minimum atomic E-state index is -0.468. The maximum Gasteiger partial charge on any atom is 0.276 e. The van der Waals surface area contributed by atoms with Crippen molar-refractivity contribution in [3.8, 4) is 11.5 Å². The quantitative estimate of drug-likeness (QED) is 0.448. The van der Waals surface area contributed by atoms with Crippen LogP contribution in [0.15, 0.2) is 46.9 Å². The second-order valence-electron chi connectivity index (χ2n) is 6.11. The van der Waals surface area contributed by atoms with E-state index in [1.54, 1.807) is 30.3 Å². The number of ether oxygens (including phenoxy) is 2. The number of benzene rings is 2. The zero-order valence-corrected chi connectivity index (χ0v) is 17.7. The maximum atomic E-state index is 12.3. The summed E-state index contributed by atoms with van der Waals surface area (Å²) in [6.07, 6.45) is 2.82. The predicted molar refractivity (Wildman–Crippen MR) is 111 cm³/mol. The fourth-order valence-electron chi connectivity index (χ4n) is 2.36. The lowest BCUT2D eigenvalue weighted by Crippen LogP contribution is -2.44. The van der Waals surface area contributed by atoms with Crippen molar-refractivity contribution >= 4 is 27.7 Å². The third kappa shape index (κ3) is 6.56. The Labute approximate surface area is 173 Å². The van der Waals surface area contributed by atoms with Gasteiger partial charge in [-0.1, -0.05) is 38.5 Å². The Hall–Kier alpha value is -2.54. The molecule has 0 aliphatic rings. The van der Waals surface area contributed by atoms with Crippen molar-refractivity contribution in [2.24, 2.45) is 0 Å². The molecule has 7 heteroatoms. The minimum absolute atomic E-state index is 0.223. The van der Waals surface area contributed by atoms with E-state index in [9.17, 15) is 9.59 Å². The molecule has 28 heavy (non-hydrogen) atoms. The third-order valence-corrected chi connectivity index (χ3v) is 4.59. The van der Waals surface area contributed by atoms with E-state index in [0.29, 0.717) is 23.7 Å². The number of halogens is 1. The van der Waals surface area contributed by atoms with Crippen LogP contribution in [0.3, 0.4) is 0 Å². The molecule has 0 heterocycles. The van der Waals surface area contributed by atoms with Crippen LogP contribution in [0.4, 0.5) is 0 Å². The van der Waals surface area contributed by atoms with Crippen LogP contribution in [0.25, 0.3) is 0 Å². The topological polar surface area (TPSA) is 76.7 Å². The molecule has 150 valence electrons. The highest BCUT2D eigenvalue weighted by molar-refractivity contribution is 9.10. The first-order chi connectivity index (χ1) is 13.5. The van der Waals surface area contributed by atoms with Crippen LogP contribution < -0.4 is 20.3 Å². The van der Waals surface area contributed by atoms with Gasteiger partial charge >= 0.3 is 0 Å². The summed E-state index contributed by atoms with van der Waals surface area (Å²) in [5.41, 5.74) is 6.26. The molecule has 0 aliphatic heterocycles. The molecule has 2 amide bonds. The molecule has 0 aromatic heterocycles. The van der Waals surface area contributed by atoms with Gasteiger partial charge in [-0.3, -0.25) is 20.4 Å². The second kappa shape index (κ2) is 11.3. The molecule has 0 atom stereocenters. The smallest absolute Gasteiger partial charge is 0.276 e. The summed E-state index contributed by atoms with van der Waals surface area (Å²) in [7, 11) is 0. The van der Waals surface area contributed by atoms with E-state index in [0.717, 1.165) is 29.3 Å². The highest BCUT2D eigenvalue weighted by Gasteiger charge is 2.13. The Kier molecular flexibility index (Phi) is 8.81. The highest BCUT2D eigenvalue weighted by atomic mass is 79.9. The first kappa shape index (κ1) is 21.8. The average Bonchev–Trinajstić information content (AvgIpc) is 2.71. The van der Waals surface area contributed by atoms with Crippen LogP contribution in [0.1, 0.15) is 42.6 Å². The van der Waals surface area contributed by atoms with Crippen LogP contribution in [-0.2, 0) is 11.2 Å². The van der Waals surface area contributed by atoms with E-state index in [4.69, 9.17) is 9.47 Å². The maximum absolute atomic E-state index is 12.3. The van der Waals surface area contributed by atoms with E-state index >= 15 is 0 Å². The lowest BCUT2D eigenvalue weighted by molar-refractivity contribution is -0.123. The molecule has 0 unspecified atom stereocenters. The number of hydrazine groups is 1. The van der Waals surface area contributed by atoms with Gasteiger partial charge in [0.25, 0.3) is 11.8 Å². The van der Waals surface area contributed by atoms with Crippen molar-refractivity contribution in [3.05, 3.63) is 58.1 Å².